The van der Waals surface area contributed by atoms with Crippen LogP contribution >= 0.6 is 0 Å². The van der Waals surface area contributed by atoms with Crippen molar-refractivity contribution in [3.8, 4) is 0 Å². The maximum absolute atomic E-state index is 10.6. The van der Waals surface area contributed by atoms with E-state index < -0.39 is 24.3 Å². The smallest absolute Gasteiger partial charge is 0.475 e. The van der Waals surface area contributed by atoms with E-state index in [0.717, 1.165) is 25.4 Å². The largest absolute Gasteiger partial charge is 0.490 e. The predicted octanol–water partition coefficient (Wildman–Crippen LogP) is 3.07. The molecule has 2 N–H and O–H groups in total. The van der Waals surface area contributed by atoms with Gasteiger partial charge in [0.1, 0.15) is 0 Å². The van der Waals surface area contributed by atoms with Gasteiger partial charge in [-0.15, -0.1) is 0 Å². The SMILES string of the molecule is COCCN1CCCC12CCN(Cc1cc(C)nn1C)CC2.O=C(O)C(F)(F)F.O=C(O)C(F)(F)F. The molecule has 15 heteroatoms. The molecule has 9 nitrogen and oxygen atoms in total. The maximum atomic E-state index is 10.6. The molecule has 36 heavy (non-hydrogen) atoms. The molecule has 2 fully saturated rings. The van der Waals surface area contributed by atoms with E-state index >= 15 is 0 Å². The van der Waals surface area contributed by atoms with Crippen molar-refractivity contribution < 1.29 is 50.9 Å². The average Bonchev–Trinajstić information content (AvgIpc) is 3.29. The molecule has 0 radical (unpaired) electrons. The topological polar surface area (TPSA) is 108 Å². The lowest BCUT2D eigenvalue weighted by Crippen LogP contribution is -2.52. The quantitative estimate of drug-likeness (QED) is 0.555. The van der Waals surface area contributed by atoms with Crippen molar-refractivity contribution in [2.75, 3.05) is 39.9 Å². The van der Waals surface area contributed by atoms with Gasteiger partial charge in [0.2, 0.25) is 0 Å². The minimum absolute atomic E-state index is 0.456. The van der Waals surface area contributed by atoms with Gasteiger partial charge in [0.25, 0.3) is 0 Å². The summed E-state index contributed by atoms with van der Waals surface area (Å²) in [5, 5.41) is 18.7. The number of hydrogen-bond donors (Lipinski definition) is 2. The van der Waals surface area contributed by atoms with E-state index in [-0.39, 0.29) is 0 Å². The Kier molecular flexibility index (Phi) is 11.6. The van der Waals surface area contributed by atoms with E-state index in [2.05, 4.69) is 34.9 Å². The lowest BCUT2D eigenvalue weighted by Gasteiger charge is -2.45. The summed E-state index contributed by atoms with van der Waals surface area (Å²) in [6.07, 6.45) is -4.85. The highest BCUT2D eigenvalue weighted by atomic mass is 19.4. The van der Waals surface area contributed by atoms with Gasteiger partial charge < -0.3 is 14.9 Å². The molecule has 0 atom stereocenters. The van der Waals surface area contributed by atoms with Crippen molar-refractivity contribution >= 4 is 11.9 Å². The average molecular weight is 534 g/mol. The number of carboxylic acid groups (broad SMARTS) is 2. The monoisotopic (exact) mass is 534 g/mol. The van der Waals surface area contributed by atoms with Crippen molar-refractivity contribution in [2.45, 2.75) is 57.0 Å². The van der Waals surface area contributed by atoms with E-state index in [4.69, 9.17) is 24.5 Å². The van der Waals surface area contributed by atoms with Crippen LogP contribution in [0.15, 0.2) is 6.07 Å². The van der Waals surface area contributed by atoms with Crippen LogP contribution in [0, 0.1) is 6.92 Å². The van der Waals surface area contributed by atoms with Gasteiger partial charge >= 0.3 is 24.3 Å². The van der Waals surface area contributed by atoms with Gasteiger partial charge in [-0.3, -0.25) is 14.5 Å². The Morgan fingerprint density at radius 3 is 1.92 bits per heavy atom. The molecule has 0 bridgehead atoms. The number of carboxylic acids is 2. The molecule has 2 saturated heterocycles. The third kappa shape index (κ3) is 9.93. The van der Waals surface area contributed by atoms with Gasteiger partial charge in [0.15, 0.2) is 0 Å². The first-order valence-corrected chi connectivity index (χ1v) is 11.1. The van der Waals surface area contributed by atoms with Crippen molar-refractivity contribution in [1.82, 2.24) is 19.6 Å². The third-order valence-electron chi connectivity index (χ3n) is 6.06. The number of aromatic nitrogens is 2. The van der Waals surface area contributed by atoms with Crippen LogP contribution in [0.3, 0.4) is 0 Å². The number of alkyl halides is 6. The molecule has 0 unspecified atom stereocenters. The highest BCUT2D eigenvalue weighted by Gasteiger charge is 2.42. The van der Waals surface area contributed by atoms with Crippen LogP contribution in [0.4, 0.5) is 26.3 Å². The molecular weight excluding hydrogens is 502 g/mol. The summed E-state index contributed by atoms with van der Waals surface area (Å²) >= 11 is 0. The fraction of sp³-hybridized carbons (Fsp3) is 0.762. The second-order valence-corrected chi connectivity index (χ2v) is 8.59. The number of aryl methyl sites for hydroxylation is 2. The Morgan fingerprint density at radius 1 is 1.03 bits per heavy atom. The maximum Gasteiger partial charge on any atom is 0.490 e. The lowest BCUT2D eigenvalue weighted by molar-refractivity contribution is -0.193. The fourth-order valence-electron chi connectivity index (χ4n) is 4.28. The van der Waals surface area contributed by atoms with Crippen molar-refractivity contribution in [2.24, 2.45) is 7.05 Å². The van der Waals surface area contributed by atoms with E-state index in [9.17, 15) is 26.3 Å². The third-order valence-corrected chi connectivity index (χ3v) is 6.06. The Bertz CT molecular complexity index is 827. The van der Waals surface area contributed by atoms with Gasteiger partial charge in [-0.05, 0) is 45.2 Å². The standard InChI is InChI=1S/C17H30N4O.2C2HF3O2/c1-15-13-16(19(2)18-15)14-20-9-6-17(7-10-20)5-4-8-21(17)11-12-22-3;2*3-2(4,5)1(6)7/h13H,4-12,14H2,1-3H3;2*(H,6,7). The van der Waals surface area contributed by atoms with Crippen LogP contribution in [0.5, 0.6) is 0 Å². The summed E-state index contributed by atoms with van der Waals surface area (Å²) in [6, 6.07) is 2.21. The molecule has 2 aliphatic rings. The Balaban J connectivity index is 0.000000383. The molecule has 0 aliphatic carbocycles. The minimum Gasteiger partial charge on any atom is -0.475 e. The normalized spacial score (nSPS) is 18.2. The van der Waals surface area contributed by atoms with Gasteiger partial charge in [-0.1, -0.05) is 0 Å². The number of nitrogens with zero attached hydrogens (tertiary/aromatic N) is 4. The molecule has 0 amide bonds. The molecule has 3 heterocycles. The molecule has 1 spiro atoms. The summed E-state index contributed by atoms with van der Waals surface area (Å²) in [6.45, 7) is 8.72. The zero-order valence-electron chi connectivity index (χ0n) is 20.3. The number of methoxy groups -OCH3 is 1. The van der Waals surface area contributed by atoms with E-state index in [1.165, 1.54) is 51.0 Å². The predicted molar refractivity (Wildman–Crippen MR) is 115 cm³/mol. The van der Waals surface area contributed by atoms with Crippen LogP contribution in [-0.4, -0.2) is 99.5 Å². The first kappa shape index (κ1) is 31.6. The van der Waals surface area contributed by atoms with Crippen LogP contribution < -0.4 is 0 Å². The zero-order chi connectivity index (χ0) is 27.7. The highest BCUT2D eigenvalue weighted by Crippen LogP contribution is 2.38. The molecule has 0 aromatic carbocycles. The summed E-state index contributed by atoms with van der Waals surface area (Å²) in [7, 11) is 3.86. The zero-order valence-corrected chi connectivity index (χ0v) is 20.3. The first-order chi connectivity index (χ1) is 16.5. The number of aliphatic carboxylic acids is 2. The van der Waals surface area contributed by atoms with Gasteiger partial charge in [0, 0.05) is 45.9 Å². The number of piperidine rings is 1. The number of hydrogen-bond acceptors (Lipinski definition) is 6. The lowest BCUT2D eigenvalue weighted by atomic mass is 9.85. The Hall–Kier alpha value is -2.39. The van der Waals surface area contributed by atoms with Crippen molar-refractivity contribution in [3.63, 3.8) is 0 Å². The van der Waals surface area contributed by atoms with Gasteiger partial charge in [0.05, 0.1) is 18.0 Å². The van der Waals surface area contributed by atoms with Crippen LogP contribution in [0.1, 0.15) is 37.1 Å². The summed E-state index contributed by atoms with van der Waals surface area (Å²) in [5.74, 6) is -5.51. The second kappa shape index (κ2) is 13.2. The number of likely N-dealkylation sites (tertiary alicyclic amines) is 2. The summed E-state index contributed by atoms with van der Waals surface area (Å²) in [5.41, 5.74) is 2.90. The number of rotatable bonds is 5. The van der Waals surface area contributed by atoms with Crippen molar-refractivity contribution in [1.29, 1.82) is 0 Å². The molecule has 3 rings (SSSR count). The molecule has 208 valence electrons. The first-order valence-electron chi connectivity index (χ1n) is 11.1. The summed E-state index contributed by atoms with van der Waals surface area (Å²) in [4.78, 5) is 23.1. The molecule has 0 saturated carbocycles. The second-order valence-electron chi connectivity index (χ2n) is 8.59. The summed E-state index contributed by atoms with van der Waals surface area (Å²) < 4.78 is 70.8. The van der Waals surface area contributed by atoms with E-state index in [1.807, 2.05) is 4.68 Å². The Labute approximate surface area is 204 Å². The van der Waals surface area contributed by atoms with Gasteiger partial charge in [-0.2, -0.15) is 31.4 Å². The van der Waals surface area contributed by atoms with E-state index in [0.29, 0.717) is 5.54 Å². The van der Waals surface area contributed by atoms with Crippen molar-refractivity contribution in [3.05, 3.63) is 17.5 Å². The van der Waals surface area contributed by atoms with E-state index in [1.54, 1.807) is 7.11 Å². The van der Waals surface area contributed by atoms with Gasteiger partial charge in [-0.25, -0.2) is 9.59 Å². The number of halogens is 6. The molecule has 2 aliphatic heterocycles. The van der Waals surface area contributed by atoms with Crippen LogP contribution in [0.2, 0.25) is 0 Å². The highest BCUT2D eigenvalue weighted by molar-refractivity contribution is 5.73. The fourth-order valence-corrected chi connectivity index (χ4v) is 4.28. The molecule has 1 aromatic heterocycles. The number of ether oxygens (including phenoxy) is 1. The molecule has 1 aromatic rings. The Morgan fingerprint density at radius 2 is 1.53 bits per heavy atom. The van der Waals surface area contributed by atoms with Crippen LogP contribution in [0.25, 0.3) is 0 Å². The molecular formula is C21H32F6N4O5. The minimum atomic E-state index is -5.08. The number of carbonyl (C=O) groups is 2. The van der Waals surface area contributed by atoms with Crippen LogP contribution in [-0.2, 0) is 27.9 Å².